The molecule has 0 spiro atoms. The van der Waals surface area contributed by atoms with Gasteiger partial charge in [0, 0.05) is 11.5 Å². The van der Waals surface area contributed by atoms with Gasteiger partial charge in [0.1, 0.15) is 0 Å². The largest absolute Gasteiger partial charge is 0.289 e. The number of nitrogens with zero attached hydrogens (tertiary/aromatic N) is 2. The third-order valence-corrected chi connectivity index (χ3v) is 1.63. The number of rotatable bonds is 0. The summed E-state index contributed by atoms with van der Waals surface area (Å²) in [6.45, 7) is 0. The molecule has 0 radical (unpaired) electrons. The lowest BCUT2D eigenvalue weighted by Gasteiger charge is -1.84. The first kappa shape index (κ1) is 6.91. The molecule has 0 saturated heterocycles. The summed E-state index contributed by atoms with van der Waals surface area (Å²) >= 11 is 0. The molecule has 0 N–H and O–H groups in total. The molecule has 0 aliphatic carbocycles. The van der Waals surface area contributed by atoms with Crippen molar-refractivity contribution in [3.63, 3.8) is 0 Å². The van der Waals surface area contributed by atoms with Crippen LogP contribution in [0.2, 0.25) is 0 Å². The third kappa shape index (κ3) is 1.05. The van der Waals surface area contributed by atoms with E-state index in [9.17, 15) is 4.79 Å². The molecular weight excluding hydrogens is 152 g/mol. The monoisotopic (exact) mass is 158 g/mol. The molecule has 3 nitrogen and oxygen atoms in total. The van der Waals surface area contributed by atoms with Crippen LogP contribution < -0.4 is 5.43 Å². The van der Waals surface area contributed by atoms with Crippen molar-refractivity contribution < 1.29 is 0 Å². The molecular formula is C9H6N2O. The Kier molecular flexibility index (Phi) is 1.55. The minimum atomic E-state index is -0.0457. The lowest BCUT2D eigenvalue weighted by molar-refractivity contribution is 1.09. The van der Waals surface area contributed by atoms with Gasteiger partial charge in [0.15, 0.2) is 5.43 Å². The van der Waals surface area contributed by atoms with Gasteiger partial charge in [-0.3, -0.25) is 4.79 Å². The standard InChI is InChI=1S/C9H6N2O/c12-9-5-6-10-11-8-4-2-1-3-7(8)9/h1-6H. The van der Waals surface area contributed by atoms with Crippen LogP contribution in [0.15, 0.2) is 41.3 Å². The highest BCUT2D eigenvalue weighted by atomic mass is 16.1. The summed E-state index contributed by atoms with van der Waals surface area (Å²) in [7, 11) is 0. The second-order valence-corrected chi connectivity index (χ2v) is 2.41. The fourth-order valence-electron chi connectivity index (χ4n) is 1.06. The quantitative estimate of drug-likeness (QED) is 0.574. The predicted octanol–water partition coefficient (Wildman–Crippen LogP) is 0.990. The smallest absolute Gasteiger partial charge is 0.189 e. The maximum absolute atomic E-state index is 11.3. The van der Waals surface area contributed by atoms with Crippen LogP contribution >= 0.6 is 0 Å². The summed E-state index contributed by atoms with van der Waals surface area (Å²) in [5, 5.41) is 8.15. The van der Waals surface area contributed by atoms with Crippen LogP contribution in [-0.2, 0) is 0 Å². The van der Waals surface area contributed by atoms with E-state index in [1.165, 1.54) is 12.3 Å². The van der Waals surface area contributed by atoms with E-state index in [1.54, 1.807) is 12.1 Å². The molecule has 0 aliphatic heterocycles. The third-order valence-electron chi connectivity index (χ3n) is 1.63. The van der Waals surface area contributed by atoms with Crippen molar-refractivity contribution in [1.82, 2.24) is 10.2 Å². The summed E-state index contributed by atoms with van der Waals surface area (Å²) in [4.78, 5) is 11.3. The van der Waals surface area contributed by atoms with Crippen LogP contribution in [0, 0.1) is 0 Å². The number of aromatic nitrogens is 2. The minimum Gasteiger partial charge on any atom is -0.289 e. The molecule has 2 rings (SSSR count). The fraction of sp³-hybridized carbons (Fsp3) is 0. The number of hydrogen-bond acceptors (Lipinski definition) is 3. The molecule has 58 valence electrons. The van der Waals surface area contributed by atoms with E-state index in [2.05, 4.69) is 10.2 Å². The Balaban J connectivity index is 3.06. The van der Waals surface area contributed by atoms with Gasteiger partial charge in [0.05, 0.1) is 11.7 Å². The van der Waals surface area contributed by atoms with E-state index in [4.69, 9.17) is 0 Å². The molecule has 1 aromatic heterocycles. The molecule has 0 aliphatic rings. The zero-order valence-electron chi connectivity index (χ0n) is 6.27. The van der Waals surface area contributed by atoms with Crippen molar-refractivity contribution in [2.45, 2.75) is 0 Å². The molecule has 2 aromatic rings. The van der Waals surface area contributed by atoms with Gasteiger partial charge in [-0.15, -0.1) is 0 Å². The summed E-state index contributed by atoms with van der Waals surface area (Å²) < 4.78 is 0. The normalized spacial score (nSPS) is 10.0. The molecule has 0 atom stereocenters. The predicted molar refractivity (Wildman–Crippen MR) is 45.8 cm³/mol. The van der Waals surface area contributed by atoms with E-state index >= 15 is 0 Å². The average Bonchev–Trinajstić information content (AvgIpc) is 2.29. The van der Waals surface area contributed by atoms with Crippen LogP contribution in [0.25, 0.3) is 10.9 Å². The SMILES string of the molecule is O=c1ccnnc2ccccc12. The van der Waals surface area contributed by atoms with Crippen LogP contribution in [0.3, 0.4) is 0 Å². The molecule has 0 amide bonds. The molecule has 1 heterocycles. The first-order valence-electron chi connectivity index (χ1n) is 3.59. The lowest BCUT2D eigenvalue weighted by atomic mass is 10.2. The van der Waals surface area contributed by atoms with Gasteiger partial charge in [-0.05, 0) is 12.1 Å². The molecule has 0 fully saturated rings. The van der Waals surface area contributed by atoms with E-state index in [-0.39, 0.29) is 5.43 Å². The fourth-order valence-corrected chi connectivity index (χ4v) is 1.06. The van der Waals surface area contributed by atoms with Crippen molar-refractivity contribution in [3.05, 3.63) is 46.8 Å². The van der Waals surface area contributed by atoms with Crippen LogP contribution in [-0.4, -0.2) is 10.2 Å². The number of hydrogen-bond donors (Lipinski definition) is 0. The maximum Gasteiger partial charge on any atom is 0.189 e. The first-order chi connectivity index (χ1) is 5.88. The zero-order valence-corrected chi connectivity index (χ0v) is 6.27. The highest BCUT2D eigenvalue weighted by Gasteiger charge is 1.93. The van der Waals surface area contributed by atoms with Gasteiger partial charge in [-0.2, -0.15) is 10.2 Å². The van der Waals surface area contributed by atoms with E-state index in [0.29, 0.717) is 10.9 Å². The molecule has 0 unspecified atom stereocenters. The maximum atomic E-state index is 11.3. The van der Waals surface area contributed by atoms with Gasteiger partial charge in [-0.25, -0.2) is 0 Å². The van der Waals surface area contributed by atoms with Crippen LogP contribution in [0.4, 0.5) is 0 Å². The number of fused-ring (bicyclic) bond motifs is 1. The Bertz CT molecular complexity index is 468. The van der Waals surface area contributed by atoms with Crippen molar-refractivity contribution in [3.8, 4) is 0 Å². The van der Waals surface area contributed by atoms with Gasteiger partial charge in [0.25, 0.3) is 0 Å². The summed E-state index contributed by atoms with van der Waals surface area (Å²) in [6.07, 6.45) is 1.41. The van der Waals surface area contributed by atoms with Gasteiger partial charge >= 0.3 is 0 Å². The average molecular weight is 158 g/mol. The van der Waals surface area contributed by atoms with Gasteiger partial charge in [0.2, 0.25) is 0 Å². The van der Waals surface area contributed by atoms with Crippen molar-refractivity contribution in [2.24, 2.45) is 0 Å². The van der Waals surface area contributed by atoms with Gasteiger partial charge in [-0.1, -0.05) is 12.1 Å². The van der Waals surface area contributed by atoms with E-state index in [1.807, 2.05) is 12.1 Å². The second kappa shape index (κ2) is 2.70. The topological polar surface area (TPSA) is 42.9 Å². The summed E-state index contributed by atoms with van der Waals surface area (Å²) in [5.74, 6) is 0. The van der Waals surface area contributed by atoms with Crippen LogP contribution in [0.5, 0.6) is 0 Å². The lowest BCUT2D eigenvalue weighted by Crippen LogP contribution is -1.93. The Hall–Kier alpha value is -1.77. The van der Waals surface area contributed by atoms with Crippen LogP contribution in [0.1, 0.15) is 0 Å². The van der Waals surface area contributed by atoms with Crippen molar-refractivity contribution >= 4 is 10.9 Å². The van der Waals surface area contributed by atoms with Crippen molar-refractivity contribution in [1.29, 1.82) is 0 Å². The summed E-state index contributed by atoms with van der Waals surface area (Å²) in [6, 6.07) is 8.56. The zero-order chi connectivity index (χ0) is 8.39. The van der Waals surface area contributed by atoms with Crippen molar-refractivity contribution in [2.75, 3.05) is 0 Å². The highest BCUT2D eigenvalue weighted by Crippen LogP contribution is 2.01. The molecule has 12 heavy (non-hydrogen) atoms. The molecule has 0 saturated carbocycles. The summed E-state index contributed by atoms with van der Waals surface area (Å²) in [5.41, 5.74) is 0.586. The first-order valence-corrected chi connectivity index (χ1v) is 3.59. The van der Waals surface area contributed by atoms with E-state index in [0.717, 1.165) is 0 Å². The van der Waals surface area contributed by atoms with Gasteiger partial charge < -0.3 is 0 Å². The molecule has 0 bridgehead atoms. The molecule has 3 heteroatoms. The molecule has 1 aromatic carbocycles. The Labute approximate surface area is 68.7 Å². The second-order valence-electron chi connectivity index (χ2n) is 2.41. The minimum absolute atomic E-state index is 0.0457. The Morgan fingerprint density at radius 1 is 1.08 bits per heavy atom. The highest BCUT2D eigenvalue weighted by molar-refractivity contribution is 5.76. The van der Waals surface area contributed by atoms with E-state index < -0.39 is 0 Å². The Morgan fingerprint density at radius 2 is 1.92 bits per heavy atom. The number of benzene rings is 1. The Morgan fingerprint density at radius 3 is 2.83 bits per heavy atom.